The normalized spacial score (nSPS) is 13.1. The summed E-state index contributed by atoms with van der Waals surface area (Å²) in [7, 11) is 0. The first-order valence-corrected chi connectivity index (χ1v) is 5.36. The molecule has 0 spiro atoms. The van der Waals surface area contributed by atoms with Crippen LogP contribution in [0.3, 0.4) is 0 Å². The molecule has 0 aromatic carbocycles. The van der Waals surface area contributed by atoms with Gasteiger partial charge in [0.25, 0.3) is 0 Å². The Balaban J connectivity index is 3.30. The van der Waals surface area contributed by atoms with Gasteiger partial charge in [-0.25, -0.2) is 0 Å². The number of aliphatic hydroxyl groups is 3. The Hall–Kier alpha value is -0.460. The fraction of sp³-hybridized carbons (Fsp3) is 0.818. The quantitative estimate of drug-likeness (QED) is 0.279. The van der Waals surface area contributed by atoms with Gasteiger partial charge in [0.15, 0.2) is 6.29 Å². The van der Waals surface area contributed by atoms with Crippen LogP contribution in [0.5, 0.6) is 0 Å². The van der Waals surface area contributed by atoms with Gasteiger partial charge in [0, 0.05) is 12.5 Å². The van der Waals surface area contributed by atoms with Crippen LogP contribution in [0.2, 0.25) is 0 Å². The van der Waals surface area contributed by atoms with E-state index >= 15 is 0 Å². The maximum absolute atomic E-state index is 9.22. The molecule has 1 unspecified atom stereocenters. The van der Waals surface area contributed by atoms with Crippen molar-refractivity contribution in [3.8, 4) is 0 Å². The minimum Gasteiger partial charge on any atom is -0.396 e. The van der Waals surface area contributed by atoms with Crippen LogP contribution >= 0.6 is 0 Å². The van der Waals surface area contributed by atoms with Crippen molar-refractivity contribution in [2.24, 2.45) is 5.92 Å². The molecule has 0 aliphatic heterocycles. The second kappa shape index (κ2) is 9.74. The zero-order valence-electron chi connectivity index (χ0n) is 9.76. The predicted molar refractivity (Wildman–Crippen MR) is 59.9 cm³/mol. The van der Waals surface area contributed by atoms with Crippen LogP contribution in [0.25, 0.3) is 0 Å². The van der Waals surface area contributed by atoms with E-state index in [1.807, 2.05) is 0 Å². The van der Waals surface area contributed by atoms with Gasteiger partial charge in [-0.15, -0.1) is 0 Å². The highest BCUT2D eigenvalue weighted by molar-refractivity contribution is 4.91. The fourth-order valence-electron chi connectivity index (χ4n) is 0.911. The summed E-state index contributed by atoms with van der Waals surface area (Å²) in [5.74, 6) is -0.220. The van der Waals surface area contributed by atoms with Gasteiger partial charge in [0.1, 0.15) is 0 Å². The third kappa shape index (κ3) is 7.78. The Morgan fingerprint density at radius 3 is 2.38 bits per heavy atom. The molecule has 1 atom stereocenters. The summed E-state index contributed by atoms with van der Waals surface area (Å²) in [6, 6.07) is 0. The van der Waals surface area contributed by atoms with Gasteiger partial charge in [-0.2, -0.15) is 0 Å². The second-order valence-electron chi connectivity index (χ2n) is 3.73. The molecule has 0 heterocycles. The van der Waals surface area contributed by atoms with Crippen LogP contribution in [-0.4, -0.2) is 54.6 Å². The maximum atomic E-state index is 9.22. The Bertz CT molecular complexity index is 179. The zero-order chi connectivity index (χ0) is 12.4. The summed E-state index contributed by atoms with van der Waals surface area (Å²) in [6.07, 6.45) is -0.267. The first-order chi connectivity index (χ1) is 7.61. The Morgan fingerprint density at radius 1 is 1.25 bits per heavy atom. The third-order valence-corrected chi connectivity index (χ3v) is 2.00. The molecule has 0 rings (SSSR count). The van der Waals surface area contributed by atoms with Crippen molar-refractivity contribution in [1.29, 1.82) is 0 Å². The minimum absolute atomic E-state index is 0.0820. The molecule has 0 fully saturated rings. The monoisotopic (exact) mass is 234 g/mol. The summed E-state index contributed by atoms with van der Waals surface area (Å²) in [5, 5.41) is 26.7. The second-order valence-corrected chi connectivity index (χ2v) is 3.73. The largest absolute Gasteiger partial charge is 0.396 e. The van der Waals surface area contributed by atoms with Gasteiger partial charge in [0.2, 0.25) is 0 Å². The van der Waals surface area contributed by atoms with Crippen molar-refractivity contribution in [2.45, 2.75) is 19.6 Å². The van der Waals surface area contributed by atoms with Crippen molar-refractivity contribution in [3.05, 3.63) is 12.2 Å². The molecule has 5 heteroatoms. The topological polar surface area (TPSA) is 79.2 Å². The van der Waals surface area contributed by atoms with Crippen molar-refractivity contribution < 1.29 is 24.8 Å². The first-order valence-electron chi connectivity index (χ1n) is 5.36. The molecule has 0 saturated carbocycles. The van der Waals surface area contributed by atoms with E-state index in [0.717, 1.165) is 0 Å². The van der Waals surface area contributed by atoms with Crippen LogP contribution in [0.1, 0.15) is 13.3 Å². The lowest BCUT2D eigenvalue weighted by Gasteiger charge is -2.13. The molecule has 0 radical (unpaired) electrons. The molecule has 0 aromatic rings. The molecule has 0 aliphatic rings. The van der Waals surface area contributed by atoms with Gasteiger partial charge in [-0.3, -0.25) is 0 Å². The van der Waals surface area contributed by atoms with Gasteiger partial charge in [-0.1, -0.05) is 6.58 Å². The van der Waals surface area contributed by atoms with Gasteiger partial charge < -0.3 is 24.8 Å². The molecule has 5 nitrogen and oxygen atoms in total. The van der Waals surface area contributed by atoms with Crippen LogP contribution in [0.4, 0.5) is 0 Å². The van der Waals surface area contributed by atoms with E-state index in [0.29, 0.717) is 31.8 Å². The number of rotatable bonds is 10. The Kier molecular flexibility index (Phi) is 9.46. The third-order valence-electron chi connectivity index (χ3n) is 2.00. The van der Waals surface area contributed by atoms with Crippen molar-refractivity contribution in [3.63, 3.8) is 0 Å². The summed E-state index contributed by atoms with van der Waals surface area (Å²) in [5.41, 5.74) is 0.571. The van der Waals surface area contributed by atoms with Gasteiger partial charge in [0.05, 0.1) is 26.4 Å². The highest BCUT2D eigenvalue weighted by atomic mass is 16.6. The van der Waals surface area contributed by atoms with E-state index in [4.69, 9.17) is 19.7 Å². The predicted octanol–water partition coefficient (Wildman–Crippen LogP) is -0.0950. The molecular formula is C11H22O5. The average molecular weight is 234 g/mol. The Labute approximate surface area is 96.3 Å². The SMILES string of the molecule is C=C(C)C(O)OCCCOCC(CO)CO. The number of ether oxygens (including phenoxy) is 2. The van der Waals surface area contributed by atoms with E-state index in [1.165, 1.54) is 0 Å². The van der Waals surface area contributed by atoms with E-state index in [9.17, 15) is 5.11 Å². The molecule has 16 heavy (non-hydrogen) atoms. The molecule has 3 N–H and O–H groups in total. The number of hydrogen-bond acceptors (Lipinski definition) is 5. The smallest absolute Gasteiger partial charge is 0.176 e. The molecular weight excluding hydrogens is 212 g/mol. The van der Waals surface area contributed by atoms with Crippen LogP contribution in [-0.2, 0) is 9.47 Å². The standard InChI is InChI=1S/C11H22O5/c1-9(2)11(14)16-5-3-4-15-8-10(6-12)7-13/h10-14H,1,3-8H2,2H3. The molecule has 0 aliphatic carbocycles. The summed E-state index contributed by atoms with van der Waals surface area (Å²) < 4.78 is 10.3. The van der Waals surface area contributed by atoms with Gasteiger partial charge >= 0.3 is 0 Å². The van der Waals surface area contributed by atoms with Crippen LogP contribution in [0.15, 0.2) is 12.2 Å². The van der Waals surface area contributed by atoms with Crippen LogP contribution in [0, 0.1) is 5.92 Å². The molecule has 0 amide bonds. The number of aliphatic hydroxyl groups excluding tert-OH is 3. The molecule has 0 aromatic heterocycles. The molecule has 0 bridgehead atoms. The lowest BCUT2D eigenvalue weighted by molar-refractivity contribution is -0.0775. The summed E-state index contributed by atoms with van der Waals surface area (Å²) in [4.78, 5) is 0. The van der Waals surface area contributed by atoms with Crippen molar-refractivity contribution in [1.82, 2.24) is 0 Å². The maximum Gasteiger partial charge on any atom is 0.176 e. The first kappa shape index (κ1) is 15.5. The van der Waals surface area contributed by atoms with E-state index in [2.05, 4.69) is 6.58 Å². The summed E-state index contributed by atoms with van der Waals surface area (Å²) in [6.45, 7) is 6.27. The molecule has 0 saturated heterocycles. The van der Waals surface area contributed by atoms with E-state index in [-0.39, 0.29) is 19.1 Å². The lowest BCUT2D eigenvalue weighted by atomic mass is 10.2. The average Bonchev–Trinajstić information content (AvgIpc) is 2.27. The van der Waals surface area contributed by atoms with Crippen molar-refractivity contribution in [2.75, 3.05) is 33.0 Å². The van der Waals surface area contributed by atoms with E-state index in [1.54, 1.807) is 6.92 Å². The summed E-state index contributed by atoms with van der Waals surface area (Å²) >= 11 is 0. The van der Waals surface area contributed by atoms with E-state index < -0.39 is 6.29 Å². The lowest BCUT2D eigenvalue weighted by Crippen LogP contribution is -2.19. The Morgan fingerprint density at radius 2 is 1.88 bits per heavy atom. The fourth-order valence-corrected chi connectivity index (χ4v) is 0.911. The highest BCUT2D eigenvalue weighted by Gasteiger charge is 2.06. The highest BCUT2D eigenvalue weighted by Crippen LogP contribution is 2.00. The van der Waals surface area contributed by atoms with Gasteiger partial charge in [-0.05, 0) is 18.9 Å². The van der Waals surface area contributed by atoms with Crippen molar-refractivity contribution >= 4 is 0 Å². The molecule has 96 valence electrons. The minimum atomic E-state index is -0.914. The van der Waals surface area contributed by atoms with Crippen LogP contribution < -0.4 is 0 Å². The number of hydrogen-bond donors (Lipinski definition) is 3. The zero-order valence-corrected chi connectivity index (χ0v) is 9.76.